The van der Waals surface area contributed by atoms with E-state index < -0.39 is 59.0 Å². The first-order valence-electron chi connectivity index (χ1n) is 14.8. The number of ether oxygens (including phenoxy) is 1. The summed E-state index contributed by atoms with van der Waals surface area (Å²) in [5.74, 6) is -2.98. The van der Waals surface area contributed by atoms with Crippen molar-refractivity contribution in [2.24, 2.45) is 17.3 Å². The maximum Gasteiger partial charge on any atom is 0.325 e. The van der Waals surface area contributed by atoms with Gasteiger partial charge in [-0.3, -0.25) is 24.0 Å². The number of unbranched alkanes of at least 4 members (excludes halogenated alkanes) is 1. The van der Waals surface area contributed by atoms with E-state index in [1.807, 2.05) is 20.8 Å². The molecule has 1 rings (SSSR count). The first-order chi connectivity index (χ1) is 19.5. The molecule has 1 aliphatic heterocycles. The molecule has 5 amide bonds. The average molecular weight is 594 g/mol. The fraction of sp³-hybridized carbons (Fsp3) is 0.733. The maximum atomic E-state index is 14.0. The fourth-order valence-electron chi connectivity index (χ4n) is 4.65. The Labute approximate surface area is 250 Å². The van der Waals surface area contributed by atoms with E-state index in [4.69, 9.17) is 4.74 Å². The summed E-state index contributed by atoms with van der Waals surface area (Å²) in [7, 11) is 0. The Morgan fingerprint density at radius 1 is 1.02 bits per heavy atom. The number of esters is 1. The molecule has 12 heteroatoms. The monoisotopic (exact) mass is 593 g/mol. The molecule has 0 aromatic rings. The van der Waals surface area contributed by atoms with Crippen LogP contribution in [-0.2, 0) is 28.7 Å². The highest BCUT2D eigenvalue weighted by Crippen LogP contribution is 2.32. The molecule has 4 atom stereocenters. The fourth-order valence-corrected chi connectivity index (χ4v) is 4.65. The van der Waals surface area contributed by atoms with Crippen molar-refractivity contribution in [1.82, 2.24) is 26.2 Å². The number of rotatable bonds is 15. The third kappa shape index (κ3) is 11.4. The van der Waals surface area contributed by atoms with E-state index in [-0.39, 0.29) is 37.5 Å². The third-order valence-corrected chi connectivity index (χ3v) is 7.12. The Balaban J connectivity index is 3.19. The summed E-state index contributed by atoms with van der Waals surface area (Å²) in [6.07, 6.45) is 3.14. The highest BCUT2D eigenvalue weighted by atomic mass is 16.5. The molecule has 1 aliphatic rings. The Hall–Kier alpha value is -3.44. The van der Waals surface area contributed by atoms with Crippen LogP contribution in [0.1, 0.15) is 81.1 Å². The van der Waals surface area contributed by atoms with Crippen LogP contribution < -0.4 is 21.3 Å². The number of carbonyl (C=O) groups is 6. The summed E-state index contributed by atoms with van der Waals surface area (Å²) in [6.45, 7) is 18.3. The second-order valence-electron chi connectivity index (χ2n) is 12.5. The highest BCUT2D eigenvalue weighted by Gasteiger charge is 2.46. The van der Waals surface area contributed by atoms with E-state index >= 15 is 0 Å². The zero-order chi connectivity index (χ0) is 32.2. The summed E-state index contributed by atoms with van der Waals surface area (Å²) in [5.41, 5.74) is -0.743. The predicted molar refractivity (Wildman–Crippen MR) is 159 cm³/mol. The van der Waals surface area contributed by atoms with Gasteiger partial charge in [0.1, 0.15) is 18.6 Å². The van der Waals surface area contributed by atoms with Crippen LogP contribution in [0.4, 0.5) is 4.79 Å². The first kappa shape index (κ1) is 36.6. The van der Waals surface area contributed by atoms with Gasteiger partial charge in [-0.15, -0.1) is 6.58 Å². The van der Waals surface area contributed by atoms with Gasteiger partial charge in [-0.2, -0.15) is 0 Å². The van der Waals surface area contributed by atoms with E-state index in [1.54, 1.807) is 34.6 Å². The SMILES string of the molecule is C=CCNC(=O)C(=O)C(CCCC)NC(=O)[C@@H]1C[C@@H](C(C)C)CN1C(=O)[C@@H](NC(=O)NCC(=O)OC(C)C)C(C)(C)C. The molecule has 4 N–H and O–H groups in total. The van der Waals surface area contributed by atoms with Crippen molar-refractivity contribution in [3.63, 3.8) is 0 Å². The molecule has 0 saturated carbocycles. The molecule has 0 bridgehead atoms. The molecule has 12 nitrogen and oxygen atoms in total. The minimum absolute atomic E-state index is 0.00521. The van der Waals surface area contributed by atoms with Gasteiger partial charge in [-0.25, -0.2) is 4.79 Å². The van der Waals surface area contributed by atoms with E-state index in [1.165, 1.54) is 11.0 Å². The lowest BCUT2D eigenvalue weighted by atomic mass is 9.85. The second kappa shape index (κ2) is 16.9. The Morgan fingerprint density at radius 2 is 1.67 bits per heavy atom. The largest absolute Gasteiger partial charge is 0.462 e. The number of nitrogens with zero attached hydrogens (tertiary/aromatic N) is 1. The van der Waals surface area contributed by atoms with Gasteiger partial charge in [0.2, 0.25) is 17.6 Å². The van der Waals surface area contributed by atoms with Gasteiger partial charge in [0, 0.05) is 13.1 Å². The van der Waals surface area contributed by atoms with Crippen molar-refractivity contribution in [2.75, 3.05) is 19.6 Å². The zero-order valence-electron chi connectivity index (χ0n) is 26.5. The number of carbonyl (C=O) groups excluding carboxylic acids is 6. The number of hydrogen-bond donors (Lipinski definition) is 4. The number of ketones is 1. The van der Waals surface area contributed by atoms with Crippen molar-refractivity contribution in [3.8, 4) is 0 Å². The Bertz CT molecular complexity index is 989. The number of Topliss-reactive ketones (excluding diaryl/α,β-unsaturated/α-hetero) is 1. The minimum atomic E-state index is -1.04. The van der Waals surface area contributed by atoms with Crippen LogP contribution in [-0.4, -0.2) is 84.3 Å². The van der Waals surface area contributed by atoms with E-state index in [0.717, 1.165) is 6.42 Å². The molecule has 1 heterocycles. The molecule has 0 spiro atoms. The molecule has 238 valence electrons. The molecule has 0 aromatic carbocycles. The zero-order valence-corrected chi connectivity index (χ0v) is 26.5. The van der Waals surface area contributed by atoms with Crippen molar-refractivity contribution < 1.29 is 33.5 Å². The van der Waals surface area contributed by atoms with Gasteiger partial charge >= 0.3 is 12.0 Å². The van der Waals surface area contributed by atoms with Crippen LogP contribution in [0.2, 0.25) is 0 Å². The molecule has 1 saturated heterocycles. The van der Waals surface area contributed by atoms with Gasteiger partial charge in [0.05, 0.1) is 12.1 Å². The third-order valence-electron chi connectivity index (χ3n) is 7.12. The highest BCUT2D eigenvalue weighted by molar-refractivity contribution is 6.38. The molecular weight excluding hydrogens is 542 g/mol. The smallest absolute Gasteiger partial charge is 0.325 e. The standard InChI is InChI=1S/C30H51N5O7/c1-10-12-13-21(24(37)27(39)31-14-11-2)33-26(38)22-15-20(18(3)4)17-35(22)28(40)25(30(7,8)9)34-29(41)32-16-23(36)42-19(5)6/h11,18-22,25H,2,10,12-17H2,1,3-9H3,(H,31,39)(H,33,38)(H2,32,34,41)/t20-,21?,22+,25-/m1/s1. The lowest BCUT2D eigenvalue weighted by Gasteiger charge is -2.35. The summed E-state index contributed by atoms with van der Waals surface area (Å²) >= 11 is 0. The van der Waals surface area contributed by atoms with E-state index in [2.05, 4.69) is 27.8 Å². The van der Waals surface area contributed by atoms with Crippen LogP contribution in [0.3, 0.4) is 0 Å². The van der Waals surface area contributed by atoms with Crippen molar-refractivity contribution in [1.29, 1.82) is 0 Å². The summed E-state index contributed by atoms with van der Waals surface area (Å²) < 4.78 is 5.03. The minimum Gasteiger partial charge on any atom is -0.462 e. The topological polar surface area (TPSA) is 163 Å². The van der Waals surface area contributed by atoms with Crippen molar-refractivity contribution >= 4 is 35.5 Å². The van der Waals surface area contributed by atoms with Crippen LogP contribution in [0.5, 0.6) is 0 Å². The van der Waals surface area contributed by atoms with Gasteiger partial charge in [-0.1, -0.05) is 60.5 Å². The van der Waals surface area contributed by atoms with Crippen LogP contribution in [0.15, 0.2) is 12.7 Å². The van der Waals surface area contributed by atoms with Crippen LogP contribution in [0, 0.1) is 17.3 Å². The van der Waals surface area contributed by atoms with Crippen LogP contribution in [0.25, 0.3) is 0 Å². The Morgan fingerprint density at radius 3 is 2.19 bits per heavy atom. The molecule has 42 heavy (non-hydrogen) atoms. The number of hydrogen-bond acceptors (Lipinski definition) is 7. The van der Waals surface area contributed by atoms with Crippen molar-refractivity contribution in [2.45, 2.75) is 105 Å². The normalized spacial score (nSPS) is 18.2. The van der Waals surface area contributed by atoms with E-state index in [9.17, 15) is 28.8 Å². The molecule has 1 fully saturated rings. The molecule has 0 radical (unpaired) electrons. The number of urea groups is 1. The molecule has 0 aromatic heterocycles. The van der Waals surface area contributed by atoms with Crippen molar-refractivity contribution in [3.05, 3.63) is 12.7 Å². The summed E-state index contributed by atoms with van der Waals surface area (Å²) in [5, 5.41) is 10.3. The number of likely N-dealkylation sites (tertiary alicyclic amines) is 1. The van der Waals surface area contributed by atoms with Gasteiger partial charge in [-0.05, 0) is 43.9 Å². The summed E-state index contributed by atoms with van der Waals surface area (Å²) in [6, 6.07) is -3.68. The Kier molecular flexibility index (Phi) is 14.7. The average Bonchev–Trinajstić information content (AvgIpc) is 3.36. The number of amides is 5. The van der Waals surface area contributed by atoms with Gasteiger partial charge < -0.3 is 30.9 Å². The van der Waals surface area contributed by atoms with Crippen LogP contribution >= 0.6 is 0 Å². The lowest BCUT2D eigenvalue weighted by molar-refractivity contribution is -0.146. The maximum absolute atomic E-state index is 14.0. The van der Waals surface area contributed by atoms with Gasteiger partial charge in [0.25, 0.3) is 5.91 Å². The second-order valence-corrected chi connectivity index (χ2v) is 12.5. The number of nitrogens with one attached hydrogen (secondary N) is 4. The predicted octanol–water partition coefficient (Wildman–Crippen LogP) is 2.07. The quantitative estimate of drug-likeness (QED) is 0.128. The van der Waals surface area contributed by atoms with E-state index in [0.29, 0.717) is 19.4 Å². The molecular formula is C30H51N5O7. The lowest BCUT2D eigenvalue weighted by Crippen LogP contribution is -2.60. The molecule has 0 aliphatic carbocycles. The molecule has 1 unspecified atom stereocenters. The summed E-state index contributed by atoms with van der Waals surface area (Å²) in [4.78, 5) is 78.9. The van der Waals surface area contributed by atoms with Gasteiger partial charge in [0.15, 0.2) is 0 Å². The first-order valence-corrected chi connectivity index (χ1v) is 14.8.